The Hall–Kier alpha value is -2.02. The number of ether oxygens (including phenoxy) is 1. The number of esters is 1. The molecule has 0 fully saturated rings. The second-order valence-corrected chi connectivity index (χ2v) is 5.84. The Bertz CT molecular complexity index is 589. The summed E-state index contributed by atoms with van der Waals surface area (Å²) in [5.74, 6) is -0.630. The smallest absolute Gasteiger partial charge is 0.338 e. The molecule has 1 aliphatic heterocycles. The molecule has 118 valence electrons. The molecule has 7 heteroatoms. The summed E-state index contributed by atoms with van der Waals surface area (Å²) in [5.41, 5.74) is 0.908. The number of hydrogen-bond donors (Lipinski definition) is 2. The van der Waals surface area contributed by atoms with Crippen LogP contribution in [0.5, 0.6) is 0 Å². The highest BCUT2D eigenvalue weighted by Gasteiger charge is 2.18. The number of carbonyl (C=O) groups excluding carboxylic acids is 3. The minimum Gasteiger partial charge on any atom is -0.452 e. The molecular weight excluding hydrogens is 304 g/mol. The molecule has 1 aliphatic rings. The van der Waals surface area contributed by atoms with Gasteiger partial charge >= 0.3 is 5.97 Å². The van der Waals surface area contributed by atoms with Crippen LogP contribution in [0.4, 0.5) is 5.69 Å². The van der Waals surface area contributed by atoms with Crippen LogP contribution >= 0.6 is 11.8 Å². The van der Waals surface area contributed by atoms with Crippen LogP contribution in [-0.4, -0.2) is 36.7 Å². The number of hydrogen-bond acceptors (Lipinski definition) is 5. The van der Waals surface area contributed by atoms with E-state index in [1.807, 2.05) is 6.92 Å². The Labute approximate surface area is 133 Å². The second-order valence-electron chi connectivity index (χ2n) is 4.83. The van der Waals surface area contributed by atoms with Gasteiger partial charge in [0.05, 0.1) is 17.0 Å². The number of thioether (sulfide) groups is 1. The number of unbranched alkanes of at least 4 members (excludes halogenated alkanes) is 1. The molecule has 0 saturated heterocycles. The van der Waals surface area contributed by atoms with Gasteiger partial charge in [0, 0.05) is 11.4 Å². The molecule has 2 rings (SSSR count). The molecule has 0 aromatic heterocycles. The second kappa shape index (κ2) is 7.84. The highest BCUT2D eigenvalue weighted by atomic mass is 32.2. The van der Waals surface area contributed by atoms with Gasteiger partial charge in [0.25, 0.3) is 5.91 Å². The third kappa shape index (κ3) is 4.49. The molecule has 6 nitrogen and oxygen atoms in total. The maximum atomic E-state index is 11.9. The summed E-state index contributed by atoms with van der Waals surface area (Å²) < 4.78 is 4.97. The summed E-state index contributed by atoms with van der Waals surface area (Å²) in [7, 11) is 0. The number of benzene rings is 1. The largest absolute Gasteiger partial charge is 0.452 e. The first-order valence-electron chi connectivity index (χ1n) is 7.10. The molecule has 0 radical (unpaired) electrons. The van der Waals surface area contributed by atoms with E-state index in [0.29, 0.717) is 23.5 Å². The quantitative estimate of drug-likeness (QED) is 0.616. The first-order valence-corrected chi connectivity index (χ1v) is 8.09. The highest BCUT2D eigenvalue weighted by Crippen LogP contribution is 2.32. The molecule has 2 N–H and O–H groups in total. The number of fused-ring (bicyclic) bond motifs is 1. The minimum absolute atomic E-state index is 0.0988. The van der Waals surface area contributed by atoms with Crippen LogP contribution in [0.3, 0.4) is 0 Å². The third-order valence-electron chi connectivity index (χ3n) is 3.03. The fraction of sp³-hybridized carbons (Fsp3) is 0.400. The van der Waals surface area contributed by atoms with Crippen molar-refractivity contribution < 1.29 is 19.1 Å². The lowest BCUT2D eigenvalue weighted by Crippen LogP contribution is -2.29. The van der Waals surface area contributed by atoms with Crippen molar-refractivity contribution in [1.29, 1.82) is 0 Å². The van der Waals surface area contributed by atoms with Gasteiger partial charge in [-0.1, -0.05) is 13.3 Å². The van der Waals surface area contributed by atoms with E-state index in [1.54, 1.807) is 18.2 Å². The topological polar surface area (TPSA) is 84.5 Å². The van der Waals surface area contributed by atoms with Crippen molar-refractivity contribution in [3.63, 3.8) is 0 Å². The van der Waals surface area contributed by atoms with Crippen molar-refractivity contribution in [1.82, 2.24) is 5.32 Å². The number of carbonyl (C=O) groups is 3. The van der Waals surface area contributed by atoms with Crippen LogP contribution in [0.25, 0.3) is 0 Å². The number of nitrogens with one attached hydrogen (secondary N) is 2. The lowest BCUT2D eigenvalue weighted by molar-refractivity contribution is -0.124. The van der Waals surface area contributed by atoms with Crippen molar-refractivity contribution in [3.05, 3.63) is 23.8 Å². The first-order chi connectivity index (χ1) is 10.6. The molecule has 1 heterocycles. The van der Waals surface area contributed by atoms with E-state index < -0.39 is 5.97 Å². The summed E-state index contributed by atoms with van der Waals surface area (Å²) >= 11 is 1.42. The van der Waals surface area contributed by atoms with E-state index in [9.17, 15) is 14.4 Å². The Morgan fingerprint density at radius 3 is 3.00 bits per heavy atom. The van der Waals surface area contributed by atoms with Crippen LogP contribution in [0, 0.1) is 0 Å². The number of rotatable bonds is 6. The van der Waals surface area contributed by atoms with E-state index in [0.717, 1.165) is 17.7 Å². The molecule has 0 bridgehead atoms. The zero-order valence-corrected chi connectivity index (χ0v) is 13.1. The van der Waals surface area contributed by atoms with Gasteiger partial charge in [-0.25, -0.2) is 4.79 Å². The fourth-order valence-corrected chi connectivity index (χ4v) is 2.67. The van der Waals surface area contributed by atoms with Gasteiger partial charge in [0.2, 0.25) is 5.91 Å². The van der Waals surface area contributed by atoms with Crippen molar-refractivity contribution in [3.8, 4) is 0 Å². The molecule has 0 saturated carbocycles. The number of anilines is 1. The van der Waals surface area contributed by atoms with Crippen LogP contribution in [0.1, 0.15) is 30.1 Å². The van der Waals surface area contributed by atoms with Crippen LogP contribution in [0.2, 0.25) is 0 Å². The third-order valence-corrected chi connectivity index (χ3v) is 4.11. The van der Waals surface area contributed by atoms with Crippen LogP contribution in [-0.2, 0) is 14.3 Å². The zero-order valence-electron chi connectivity index (χ0n) is 12.3. The van der Waals surface area contributed by atoms with Gasteiger partial charge < -0.3 is 15.4 Å². The summed E-state index contributed by atoms with van der Waals surface area (Å²) in [6.45, 7) is 2.30. The van der Waals surface area contributed by atoms with Crippen LogP contribution < -0.4 is 10.6 Å². The number of amides is 2. The Balaban J connectivity index is 1.89. The average Bonchev–Trinajstić information content (AvgIpc) is 2.52. The molecule has 0 atom stereocenters. The Morgan fingerprint density at radius 2 is 2.23 bits per heavy atom. The predicted molar refractivity (Wildman–Crippen MR) is 84.0 cm³/mol. The molecule has 1 aromatic rings. The van der Waals surface area contributed by atoms with E-state index in [4.69, 9.17) is 4.74 Å². The lowest BCUT2D eigenvalue weighted by atomic mass is 10.2. The van der Waals surface area contributed by atoms with E-state index in [-0.39, 0.29) is 18.4 Å². The van der Waals surface area contributed by atoms with Gasteiger partial charge in [0.1, 0.15) is 0 Å². The molecule has 1 aromatic carbocycles. The Kier molecular flexibility index (Phi) is 5.83. The molecule has 22 heavy (non-hydrogen) atoms. The van der Waals surface area contributed by atoms with E-state index in [2.05, 4.69) is 10.6 Å². The van der Waals surface area contributed by atoms with Crippen molar-refractivity contribution in [2.75, 3.05) is 24.2 Å². The van der Waals surface area contributed by atoms with Crippen molar-refractivity contribution in [2.24, 2.45) is 0 Å². The van der Waals surface area contributed by atoms with Crippen LogP contribution in [0.15, 0.2) is 23.1 Å². The summed E-state index contributed by atoms with van der Waals surface area (Å²) in [5, 5.41) is 5.38. The van der Waals surface area contributed by atoms with Crippen molar-refractivity contribution in [2.45, 2.75) is 24.7 Å². The fourth-order valence-electron chi connectivity index (χ4n) is 1.88. The van der Waals surface area contributed by atoms with Gasteiger partial charge in [-0.05, 0) is 24.6 Å². The van der Waals surface area contributed by atoms with Crippen molar-refractivity contribution >= 4 is 35.2 Å². The van der Waals surface area contributed by atoms with E-state index >= 15 is 0 Å². The molecule has 2 amide bonds. The zero-order chi connectivity index (χ0) is 15.9. The molecule has 0 aliphatic carbocycles. The van der Waals surface area contributed by atoms with E-state index in [1.165, 1.54) is 11.8 Å². The maximum Gasteiger partial charge on any atom is 0.338 e. The summed E-state index contributed by atoms with van der Waals surface area (Å²) in [4.78, 5) is 35.7. The normalized spacial score (nSPS) is 13.0. The standard InChI is InChI=1S/C15H18N2O4S/c1-2-3-6-16-13(18)8-21-15(20)10-4-5-12-11(7-10)17-14(19)9-22-12/h4-5,7H,2-3,6,8-9H2,1H3,(H,16,18)(H,17,19). The highest BCUT2D eigenvalue weighted by molar-refractivity contribution is 8.00. The molecular formula is C15H18N2O4S. The predicted octanol–water partition coefficient (Wildman–Crippen LogP) is 1.80. The lowest BCUT2D eigenvalue weighted by Gasteiger charge is -2.16. The summed E-state index contributed by atoms with van der Waals surface area (Å²) in [6, 6.07) is 4.95. The first kappa shape index (κ1) is 16.4. The molecule has 0 unspecified atom stereocenters. The van der Waals surface area contributed by atoms with Gasteiger partial charge in [-0.2, -0.15) is 0 Å². The summed E-state index contributed by atoms with van der Waals surface area (Å²) in [6.07, 6.45) is 1.88. The SMILES string of the molecule is CCCCNC(=O)COC(=O)c1ccc2c(c1)NC(=O)CS2. The van der Waals surface area contributed by atoms with Gasteiger partial charge in [-0.15, -0.1) is 11.8 Å². The minimum atomic E-state index is -0.585. The van der Waals surface area contributed by atoms with Gasteiger partial charge in [0.15, 0.2) is 6.61 Å². The maximum absolute atomic E-state index is 11.9. The average molecular weight is 322 g/mol. The monoisotopic (exact) mass is 322 g/mol. The van der Waals surface area contributed by atoms with Gasteiger partial charge in [-0.3, -0.25) is 9.59 Å². The molecule has 0 spiro atoms. The Morgan fingerprint density at radius 1 is 1.41 bits per heavy atom.